The summed E-state index contributed by atoms with van der Waals surface area (Å²) in [6.45, 7) is 0. The molecule has 0 saturated carbocycles. The first kappa shape index (κ1) is 16.2. The van der Waals surface area contributed by atoms with E-state index >= 15 is 0 Å². The van der Waals surface area contributed by atoms with E-state index in [0.29, 0.717) is 5.56 Å². The first-order chi connectivity index (χ1) is 13.6. The molecular formula is C24H19NO3. The molecule has 4 atom stereocenters. The highest BCUT2D eigenvalue weighted by atomic mass is 16.4. The van der Waals surface area contributed by atoms with E-state index in [1.165, 1.54) is 10.8 Å². The molecule has 28 heavy (non-hydrogen) atoms. The number of rotatable bonds is 0. The molecule has 0 fully saturated rings. The molecule has 5 aromatic carbocycles. The number of fused-ring (bicyclic) bond motifs is 5. The Morgan fingerprint density at radius 2 is 1.32 bits per heavy atom. The highest BCUT2D eigenvalue weighted by Crippen LogP contribution is 2.48. The second-order valence-corrected chi connectivity index (χ2v) is 7.82. The van der Waals surface area contributed by atoms with E-state index in [4.69, 9.17) is 5.73 Å². The van der Waals surface area contributed by atoms with E-state index in [1.807, 2.05) is 18.2 Å². The Morgan fingerprint density at radius 1 is 0.643 bits per heavy atom. The molecule has 0 aliphatic heterocycles. The molecule has 0 bridgehead atoms. The summed E-state index contributed by atoms with van der Waals surface area (Å²) < 4.78 is 0. The molecule has 6 rings (SSSR count). The molecule has 4 nitrogen and oxygen atoms in total. The largest absolute Gasteiger partial charge is 0.388 e. The van der Waals surface area contributed by atoms with Crippen molar-refractivity contribution >= 4 is 43.1 Å². The van der Waals surface area contributed by atoms with Crippen LogP contribution in [-0.4, -0.2) is 27.5 Å². The zero-order valence-electron chi connectivity index (χ0n) is 15.0. The fraction of sp³-hybridized carbons (Fsp3) is 0.167. The first-order valence-electron chi connectivity index (χ1n) is 9.49. The van der Waals surface area contributed by atoms with Crippen LogP contribution >= 0.6 is 0 Å². The van der Waals surface area contributed by atoms with Gasteiger partial charge in [-0.3, -0.25) is 0 Å². The second-order valence-electron chi connectivity index (χ2n) is 7.82. The smallest absolute Gasteiger partial charge is 0.112 e. The highest BCUT2D eigenvalue weighted by molar-refractivity contribution is 6.34. The molecule has 1 aliphatic carbocycles. The van der Waals surface area contributed by atoms with Crippen LogP contribution in [-0.2, 0) is 0 Å². The van der Waals surface area contributed by atoms with Gasteiger partial charge in [-0.15, -0.1) is 0 Å². The van der Waals surface area contributed by atoms with Crippen molar-refractivity contribution in [1.29, 1.82) is 0 Å². The van der Waals surface area contributed by atoms with E-state index in [2.05, 4.69) is 42.5 Å². The summed E-state index contributed by atoms with van der Waals surface area (Å²) in [5.74, 6) is 0. The predicted octanol–water partition coefficient (Wildman–Crippen LogP) is 3.51. The maximum atomic E-state index is 10.7. The lowest BCUT2D eigenvalue weighted by Gasteiger charge is -2.37. The van der Waals surface area contributed by atoms with Gasteiger partial charge in [-0.25, -0.2) is 0 Å². The zero-order chi connectivity index (χ0) is 19.2. The van der Waals surface area contributed by atoms with Crippen molar-refractivity contribution in [3.05, 3.63) is 71.8 Å². The predicted molar refractivity (Wildman–Crippen MR) is 112 cm³/mol. The average molecular weight is 369 g/mol. The summed E-state index contributed by atoms with van der Waals surface area (Å²) in [6.07, 6.45) is -3.70. The fourth-order valence-electron chi connectivity index (χ4n) is 5.11. The molecule has 5 N–H and O–H groups in total. The molecule has 4 heteroatoms. The van der Waals surface area contributed by atoms with Gasteiger partial charge >= 0.3 is 0 Å². The number of aliphatic hydroxyl groups excluding tert-OH is 3. The summed E-state index contributed by atoms with van der Waals surface area (Å²) in [5.41, 5.74) is 7.74. The van der Waals surface area contributed by atoms with Crippen molar-refractivity contribution in [3.8, 4) is 0 Å². The minimum absolute atomic E-state index is 0.598. The van der Waals surface area contributed by atoms with Crippen LogP contribution in [0.4, 0.5) is 0 Å². The van der Waals surface area contributed by atoms with Crippen molar-refractivity contribution in [2.75, 3.05) is 0 Å². The Morgan fingerprint density at radius 3 is 2.14 bits per heavy atom. The minimum atomic E-state index is -1.30. The SMILES string of the molecule is N[C@@H]1c2c(cc3ccc4cccc5c6ccccc6c2c3c45)[C@@H](O)[C@@H](O)[C@H]1O. The van der Waals surface area contributed by atoms with E-state index in [1.54, 1.807) is 0 Å². The molecule has 1 aliphatic rings. The third-order valence-corrected chi connectivity index (χ3v) is 6.40. The van der Waals surface area contributed by atoms with Gasteiger partial charge in [0.15, 0.2) is 0 Å². The van der Waals surface area contributed by atoms with Crippen LogP contribution in [0.15, 0.2) is 60.7 Å². The van der Waals surface area contributed by atoms with Crippen LogP contribution in [0.2, 0.25) is 0 Å². The van der Waals surface area contributed by atoms with Gasteiger partial charge in [0.1, 0.15) is 18.3 Å². The Hall–Kier alpha value is -2.76. The van der Waals surface area contributed by atoms with Crippen LogP contribution in [0.25, 0.3) is 43.1 Å². The standard InChI is InChI=1S/C24H19NO3/c25-21-20-16(22(26)24(28)23(21)27)10-12-9-8-11-4-3-7-14-13-5-1-2-6-15(13)19(20)18(12)17(11)14/h1-10,21-24,26-28H,25H2/t21-,22-,23+,24-/m1/s1. The summed E-state index contributed by atoms with van der Waals surface area (Å²) in [6, 6.07) is 19.8. The van der Waals surface area contributed by atoms with Gasteiger partial charge in [0.2, 0.25) is 0 Å². The van der Waals surface area contributed by atoms with Gasteiger partial charge in [0.05, 0.1) is 6.04 Å². The van der Waals surface area contributed by atoms with Crippen molar-refractivity contribution in [2.45, 2.75) is 24.4 Å². The van der Waals surface area contributed by atoms with Crippen molar-refractivity contribution in [1.82, 2.24) is 0 Å². The molecule has 0 radical (unpaired) electrons. The highest BCUT2D eigenvalue weighted by Gasteiger charge is 2.40. The number of benzene rings is 5. The van der Waals surface area contributed by atoms with Crippen LogP contribution in [0.5, 0.6) is 0 Å². The first-order valence-corrected chi connectivity index (χ1v) is 9.49. The lowest BCUT2D eigenvalue weighted by atomic mass is 9.76. The molecule has 0 spiro atoms. The minimum Gasteiger partial charge on any atom is -0.388 e. The number of nitrogens with two attached hydrogens (primary N) is 1. The molecule has 138 valence electrons. The number of aliphatic hydroxyl groups is 3. The lowest BCUT2D eigenvalue weighted by molar-refractivity contribution is -0.0793. The Kier molecular flexibility index (Phi) is 3.13. The fourth-order valence-corrected chi connectivity index (χ4v) is 5.11. The Balaban J connectivity index is 1.97. The molecule has 0 saturated heterocycles. The van der Waals surface area contributed by atoms with Gasteiger partial charge < -0.3 is 21.1 Å². The monoisotopic (exact) mass is 369 g/mol. The number of hydrogen-bond acceptors (Lipinski definition) is 4. The van der Waals surface area contributed by atoms with Crippen LogP contribution in [0.3, 0.4) is 0 Å². The van der Waals surface area contributed by atoms with Crippen molar-refractivity contribution in [3.63, 3.8) is 0 Å². The summed E-state index contributed by atoms with van der Waals surface area (Å²) in [4.78, 5) is 0. The third kappa shape index (κ3) is 1.83. The quantitative estimate of drug-likeness (QED) is 0.249. The van der Waals surface area contributed by atoms with E-state index in [-0.39, 0.29) is 0 Å². The topological polar surface area (TPSA) is 86.7 Å². The third-order valence-electron chi connectivity index (χ3n) is 6.40. The average Bonchev–Trinajstić information content (AvgIpc) is 2.74. The maximum absolute atomic E-state index is 10.7. The molecular weight excluding hydrogens is 350 g/mol. The van der Waals surface area contributed by atoms with Crippen LogP contribution in [0.1, 0.15) is 23.3 Å². The summed E-state index contributed by atoms with van der Waals surface area (Å²) in [7, 11) is 0. The molecule has 0 amide bonds. The van der Waals surface area contributed by atoms with Gasteiger partial charge in [0, 0.05) is 0 Å². The van der Waals surface area contributed by atoms with Crippen LogP contribution < -0.4 is 5.73 Å². The lowest BCUT2D eigenvalue weighted by Crippen LogP contribution is -2.45. The Labute approximate surface area is 160 Å². The molecule has 0 unspecified atom stereocenters. The number of hydrogen-bond donors (Lipinski definition) is 4. The van der Waals surface area contributed by atoms with E-state index in [0.717, 1.165) is 37.9 Å². The Bertz CT molecular complexity index is 1390. The molecule has 0 heterocycles. The second kappa shape index (κ2) is 5.40. The zero-order valence-corrected chi connectivity index (χ0v) is 15.0. The normalized spacial score (nSPS) is 25.1. The maximum Gasteiger partial charge on any atom is 0.112 e. The van der Waals surface area contributed by atoms with Gasteiger partial charge in [0.25, 0.3) is 0 Å². The van der Waals surface area contributed by atoms with Crippen molar-refractivity contribution < 1.29 is 15.3 Å². The summed E-state index contributed by atoms with van der Waals surface area (Å²) >= 11 is 0. The van der Waals surface area contributed by atoms with E-state index in [9.17, 15) is 15.3 Å². The van der Waals surface area contributed by atoms with Gasteiger partial charge in [-0.2, -0.15) is 0 Å². The van der Waals surface area contributed by atoms with Crippen LogP contribution in [0, 0.1) is 0 Å². The van der Waals surface area contributed by atoms with E-state index < -0.39 is 24.4 Å². The summed E-state index contributed by atoms with van der Waals surface area (Å²) in [5, 5.41) is 40.2. The van der Waals surface area contributed by atoms with Gasteiger partial charge in [-0.1, -0.05) is 54.6 Å². The van der Waals surface area contributed by atoms with Crippen molar-refractivity contribution in [2.24, 2.45) is 5.73 Å². The molecule has 0 aromatic heterocycles. The molecule has 5 aromatic rings. The van der Waals surface area contributed by atoms with Gasteiger partial charge in [-0.05, 0) is 60.3 Å².